The quantitative estimate of drug-likeness (QED) is 0.761. The van der Waals surface area contributed by atoms with Crippen molar-refractivity contribution in [1.29, 1.82) is 0 Å². The van der Waals surface area contributed by atoms with E-state index in [0.717, 1.165) is 6.42 Å². The predicted octanol–water partition coefficient (Wildman–Crippen LogP) is 2.03. The molecular weight excluding hydrogens is 312 g/mol. The Hall–Kier alpha value is -0.650. The Morgan fingerprint density at radius 2 is 1.80 bits per heavy atom. The normalized spacial score (nSPS) is 31.6. The lowest BCUT2D eigenvalue weighted by Crippen LogP contribution is -2.52. The van der Waals surface area contributed by atoms with Crippen molar-refractivity contribution >= 4 is 5.91 Å². The van der Waals surface area contributed by atoms with Crippen molar-refractivity contribution in [3.8, 4) is 0 Å². The van der Waals surface area contributed by atoms with Gasteiger partial charge in [-0.05, 0) is 51.5 Å². The fourth-order valence-corrected chi connectivity index (χ4v) is 4.95. The molecule has 5 nitrogen and oxygen atoms in total. The topological polar surface area (TPSA) is 38.8 Å². The molecule has 1 saturated carbocycles. The van der Waals surface area contributed by atoms with Crippen LogP contribution in [0.2, 0.25) is 0 Å². The van der Waals surface area contributed by atoms with E-state index in [-0.39, 0.29) is 7.33 Å². The molecule has 1 spiro atoms. The molecule has 3 aliphatic rings. The number of piperazine rings is 1. The lowest BCUT2D eigenvalue weighted by molar-refractivity contribution is -0.123. The van der Waals surface area contributed by atoms with E-state index < -0.39 is 0 Å². The van der Waals surface area contributed by atoms with E-state index in [4.69, 9.17) is 0 Å². The number of rotatable bonds is 7. The van der Waals surface area contributed by atoms with E-state index in [9.17, 15) is 4.79 Å². The number of hydrogen-bond donors (Lipinski definition) is 1. The summed E-state index contributed by atoms with van der Waals surface area (Å²) in [6.45, 7) is 16.5. The molecule has 0 unspecified atom stereocenters. The van der Waals surface area contributed by atoms with Crippen molar-refractivity contribution in [1.82, 2.24) is 20.0 Å². The molecule has 0 aromatic rings. The summed E-state index contributed by atoms with van der Waals surface area (Å²) < 4.78 is 0. The zero-order valence-electron chi connectivity index (χ0n) is 16.6. The Morgan fingerprint density at radius 3 is 2.44 bits per heavy atom. The van der Waals surface area contributed by atoms with Gasteiger partial charge in [-0.25, -0.2) is 0 Å². The number of amides is 1. The molecule has 0 atom stereocenters. The standard InChI is InChI=1S/C20H38N4O.H2/c1-4-5-19(25)21-18-14-20(15-18)6-7-23(16-20)9-8-22-10-12-24(13-11-22)17(2)3;/h17-18H,4-16H2,1-3H3,(H,21,25);1H. The molecule has 0 aromatic carbocycles. The van der Waals surface area contributed by atoms with Crippen LogP contribution in [-0.2, 0) is 4.79 Å². The van der Waals surface area contributed by atoms with Gasteiger partial charge in [-0.15, -0.1) is 0 Å². The van der Waals surface area contributed by atoms with Crippen molar-refractivity contribution in [3.63, 3.8) is 0 Å². The van der Waals surface area contributed by atoms with E-state index in [1.807, 2.05) is 0 Å². The van der Waals surface area contributed by atoms with Crippen molar-refractivity contribution < 1.29 is 6.22 Å². The Kier molecular flexibility index (Phi) is 6.39. The molecule has 0 radical (unpaired) electrons. The number of carbonyl (C=O) groups excluding carboxylic acids is 1. The third-order valence-corrected chi connectivity index (χ3v) is 6.59. The van der Waals surface area contributed by atoms with Gasteiger partial charge in [-0.1, -0.05) is 6.92 Å². The highest BCUT2D eigenvalue weighted by atomic mass is 16.1. The molecule has 25 heavy (non-hydrogen) atoms. The highest BCUT2D eigenvalue weighted by Gasteiger charge is 2.48. The summed E-state index contributed by atoms with van der Waals surface area (Å²) in [6, 6.07) is 1.13. The van der Waals surface area contributed by atoms with Crippen molar-refractivity contribution in [2.45, 2.75) is 65.0 Å². The van der Waals surface area contributed by atoms with Gasteiger partial charge < -0.3 is 10.2 Å². The van der Waals surface area contributed by atoms with Crippen LogP contribution in [0.4, 0.5) is 0 Å². The molecule has 3 rings (SSSR count). The lowest BCUT2D eigenvalue weighted by atomic mass is 9.65. The van der Waals surface area contributed by atoms with Crippen LogP contribution in [0.5, 0.6) is 0 Å². The first-order valence-electron chi connectivity index (χ1n) is 10.5. The smallest absolute Gasteiger partial charge is 0.220 e. The lowest BCUT2D eigenvalue weighted by Gasteiger charge is -2.45. The summed E-state index contributed by atoms with van der Waals surface area (Å²) in [6.07, 6.45) is 5.36. The molecule has 2 saturated heterocycles. The zero-order chi connectivity index (χ0) is 17.9. The second kappa shape index (κ2) is 8.36. The highest BCUT2D eigenvalue weighted by molar-refractivity contribution is 5.76. The van der Waals surface area contributed by atoms with Gasteiger partial charge in [0, 0.05) is 65.7 Å². The first kappa shape index (κ1) is 19.1. The Bertz CT molecular complexity index is 445. The maximum atomic E-state index is 11.7. The van der Waals surface area contributed by atoms with E-state index in [1.54, 1.807) is 0 Å². The Labute approximate surface area is 155 Å². The maximum Gasteiger partial charge on any atom is 0.220 e. The maximum absolute atomic E-state index is 11.7. The monoisotopic (exact) mass is 352 g/mol. The van der Waals surface area contributed by atoms with Gasteiger partial charge in [0.1, 0.15) is 0 Å². The summed E-state index contributed by atoms with van der Waals surface area (Å²) in [5.41, 5.74) is 0.514. The number of hydrogen-bond acceptors (Lipinski definition) is 4. The molecular formula is C20H40N4O. The van der Waals surface area contributed by atoms with Crippen LogP contribution < -0.4 is 5.32 Å². The van der Waals surface area contributed by atoms with Gasteiger partial charge in [0.25, 0.3) is 0 Å². The van der Waals surface area contributed by atoms with Crippen LogP contribution >= 0.6 is 0 Å². The summed E-state index contributed by atoms with van der Waals surface area (Å²) >= 11 is 0. The van der Waals surface area contributed by atoms with E-state index in [1.165, 1.54) is 71.6 Å². The molecule has 1 N–H and O–H groups in total. The van der Waals surface area contributed by atoms with E-state index in [2.05, 4.69) is 40.8 Å². The van der Waals surface area contributed by atoms with Crippen LogP contribution in [0, 0.1) is 5.41 Å². The molecule has 2 aliphatic heterocycles. The number of likely N-dealkylation sites (tertiary alicyclic amines) is 1. The van der Waals surface area contributed by atoms with Crippen LogP contribution in [-0.4, -0.2) is 85.0 Å². The molecule has 2 heterocycles. The summed E-state index contributed by atoms with van der Waals surface area (Å²) in [5.74, 6) is 0.248. The van der Waals surface area contributed by atoms with E-state index in [0.29, 0.717) is 23.9 Å². The Balaban J connectivity index is 0.00000243. The minimum atomic E-state index is 0. The second-order valence-corrected chi connectivity index (χ2v) is 8.92. The van der Waals surface area contributed by atoms with Crippen LogP contribution in [0.25, 0.3) is 0 Å². The third-order valence-electron chi connectivity index (χ3n) is 6.59. The van der Waals surface area contributed by atoms with Gasteiger partial charge in [0.2, 0.25) is 5.91 Å². The molecule has 0 aromatic heterocycles. The largest absolute Gasteiger partial charge is 0.353 e. The van der Waals surface area contributed by atoms with Crippen molar-refractivity contribution in [2.75, 3.05) is 52.4 Å². The van der Waals surface area contributed by atoms with Gasteiger partial charge in [0.15, 0.2) is 0 Å². The number of carbonyl (C=O) groups is 1. The SMILES string of the molecule is CCCC(=O)NC1CC2(CCN(CCN3CCN(C(C)C)CC3)C2)C1.[HH]. The second-order valence-electron chi connectivity index (χ2n) is 8.92. The third kappa shape index (κ3) is 4.95. The van der Waals surface area contributed by atoms with Crippen LogP contribution in [0.3, 0.4) is 0 Å². The molecule has 1 amide bonds. The van der Waals surface area contributed by atoms with Crippen LogP contribution in [0.1, 0.15) is 54.3 Å². The Morgan fingerprint density at radius 1 is 1.12 bits per heavy atom. The number of nitrogens with one attached hydrogen (secondary N) is 1. The average molecular weight is 353 g/mol. The molecule has 3 fully saturated rings. The first-order chi connectivity index (χ1) is 12.0. The van der Waals surface area contributed by atoms with Gasteiger partial charge in [-0.2, -0.15) is 0 Å². The van der Waals surface area contributed by atoms with Gasteiger partial charge in [-0.3, -0.25) is 14.6 Å². The minimum Gasteiger partial charge on any atom is -0.353 e. The fourth-order valence-electron chi connectivity index (χ4n) is 4.95. The zero-order valence-corrected chi connectivity index (χ0v) is 16.6. The molecule has 5 heteroatoms. The molecule has 146 valence electrons. The highest BCUT2D eigenvalue weighted by Crippen LogP contribution is 2.48. The van der Waals surface area contributed by atoms with Gasteiger partial charge >= 0.3 is 0 Å². The van der Waals surface area contributed by atoms with Crippen LogP contribution in [0.15, 0.2) is 0 Å². The van der Waals surface area contributed by atoms with Crippen molar-refractivity contribution in [2.24, 2.45) is 5.41 Å². The predicted molar refractivity (Wildman–Crippen MR) is 105 cm³/mol. The van der Waals surface area contributed by atoms with E-state index >= 15 is 0 Å². The number of nitrogens with zero attached hydrogens (tertiary/aromatic N) is 3. The van der Waals surface area contributed by atoms with Gasteiger partial charge in [0.05, 0.1) is 0 Å². The van der Waals surface area contributed by atoms with Crippen molar-refractivity contribution in [3.05, 3.63) is 0 Å². The molecule has 1 aliphatic carbocycles. The minimum absolute atomic E-state index is 0. The summed E-state index contributed by atoms with van der Waals surface area (Å²) in [7, 11) is 0. The fraction of sp³-hybridized carbons (Fsp3) is 0.950. The summed E-state index contributed by atoms with van der Waals surface area (Å²) in [4.78, 5) is 19.6. The first-order valence-corrected chi connectivity index (χ1v) is 10.5. The molecule has 0 bridgehead atoms. The summed E-state index contributed by atoms with van der Waals surface area (Å²) in [5, 5.41) is 3.21. The average Bonchev–Trinajstić information content (AvgIpc) is 2.97.